The van der Waals surface area contributed by atoms with E-state index >= 15 is 0 Å². The summed E-state index contributed by atoms with van der Waals surface area (Å²) in [7, 11) is 1.64. The number of benzene rings is 2. The average molecular weight is 372 g/mol. The summed E-state index contributed by atoms with van der Waals surface area (Å²) in [5.74, 6) is 3.14. The Morgan fingerprint density at radius 3 is 2.77 bits per heavy atom. The van der Waals surface area contributed by atoms with Gasteiger partial charge in [-0.15, -0.1) is 0 Å². The smallest absolute Gasteiger partial charge is 0.319 e. The third-order valence-electron chi connectivity index (χ3n) is 4.35. The predicted octanol–water partition coefficient (Wildman–Crippen LogP) is 3.57. The molecule has 1 saturated heterocycles. The molecule has 1 fully saturated rings. The van der Waals surface area contributed by atoms with Crippen LogP contribution in [0.2, 0.25) is 0 Å². The molecule has 1 aliphatic heterocycles. The minimum absolute atomic E-state index is 0.200. The van der Waals surface area contributed by atoms with E-state index in [-0.39, 0.29) is 6.03 Å². The summed E-state index contributed by atoms with van der Waals surface area (Å²) in [5.41, 5.74) is 3.02. The first-order valence-corrected chi connectivity index (χ1v) is 9.96. The highest BCUT2D eigenvalue weighted by molar-refractivity contribution is 7.99. The largest absolute Gasteiger partial charge is 0.497 e. The fraction of sp³-hybridized carbons (Fsp3) is 0.350. The van der Waals surface area contributed by atoms with Crippen LogP contribution in [0.5, 0.6) is 5.75 Å². The number of rotatable bonds is 6. The molecular weight excluding hydrogens is 346 g/mol. The third-order valence-corrected chi connectivity index (χ3v) is 5.29. The number of carbonyl (C=O) groups excluding carboxylic acids is 1. The van der Waals surface area contributed by atoms with E-state index in [2.05, 4.69) is 21.6 Å². The van der Waals surface area contributed by atoms with E-state index in [9.17, 15) is 4.79 Å². The topological polar surface area (TPSA) is 53.6 Å². The Hall–Kier alpha value is -2.18. The standard InChI is InChI=1S/C20H25N3O2S/c1-25-18-7-4-5-16(13-18)14-21-20(24)22-19-8-3-2-6-17(19)15-23-9-11-26-12-10-23/h2-8,13H,9-12,14-15H2,1H3,(H2,21,22,24). The van der Waals surface area contributed by atoms with E-state index in [0.29, 0.717) is 6.54 Å². The number of para-hydroxylation sites is 1. The average Bonchev–Trinajstić information content (AvgIpc) is 2.69. The Labute approximate surface area is 159 Å². The van der Waals surface area contributed by atoms with Crippen molar-refractivity contribution >= 4 is 23.5 Å². The Kier molecular flexibility index (Phi) is 6.80. The highest BCUT2D eigenvalue weighted by atomic mass is 32.2. The van der Waals surface area contributed by atoms with Gasteiger partial charge in [0.05, 0.1) is 7.11 Å². The van der Waals surface area contributed by atoms with Crippen LogP contribution >= 0.6 is 11.8 Å². The number of hydrogen-bond acceptors (Lipinski definition) is 4. The minimum Gasteiger partial charge on any atom is -0.497 e. The van der Waals surface area contributed by atoms with Gasteiger partial charge >= 0.3 is 6.03 Å². The summed E-state index contributed by atoms with van der Waals surface area (Å²) < 4.78 is 5.21. The molecule has 0 unspecified atom stereocenters. The molecular formula is C20H25N3O2S. The van der Waals surface area contributed by atoms with Crippen molar-refractivity contribution in [2.75, 3.05) is 37.0 Å². The first kappa shape index (κ1) is 18.6. The lowest BCUT2D eigenvalue weighted by Crippen LogP contribution is -2.33. The molecule has 0 aromatic heterocycles. The number of thioether (sulfide) groups is 1. The molecule has 0 radical (unpaired) electrons. The zero-order valence-corrected chi connectivity index (χ0v) is 15.8. The van der Waals surface area contributed by atoms with Gasteiger partial charge in [0, 0.05) is 43.4 Å². The van der Waals surface area contributed by atoms with Crippen LogP contribution in [0.4, 0.5) is 10.5 Å². The maximum absolute atomic E-state index is 12.3. The zero-order valence-electron chi connectivity index (χ0n) is 15.0. The van der Waals surface area contributed by atoms with Gasteiger partial charge in [0.15, 0.2) is 0 Å². The van der Waals surface area contributed by atoms with Gasteiger partial charge in [-0.25, -0.2) is 4.79 Å². The second-order valence-electron chi connectivity index (χ2n) is 6.20. The molecule has 26 heavy (non-hydrogen) atoms. The summed E-state index contributed by atoms with van der Waals surface area (Å²) in [4.78, 5) is 14.7. The lowest BCUT2D eigenvalue weighted by Gasteiger charge is -2.27. The molecule has 0 saturated carbocycles. The molecule has 1 aliphatic rings. The van der Waals surface area contributed by atoms with E-state index < -0.39 is 0 Å². The Bertz CT molecular complexity index is 733. The van der Waals surface area contributed by atoms with Crippen LogP contribution in [0.1, 0.15) is 11.1 Å². The highest BCUT2D eigenvalue weighted by Crippen LogP contribution is 2.19. The summed E-state index contributed by atoms with van der Waals surface area (Å²) in [6.45, 7) is 3.52. The van der Waals surface area contributed by atoms with Gasteiger partial charge in [0.2, 0.25) is 0 Å². The van der Waals surface area contributed by atoms with Gasteiger partial charge in [0.25, 0.3) is 0 Å². The second-order valence-corrected chi connectivity index (χ2v) is 7.43. The third kappa shape index (κ3) is 5.41. The molecule has 6 heteroatoms. The lowest BCUT2D eigenvalue weighted by molar-refractivity contribution is 0.251. The maximum Gasteiger partial charge on any atom is 0.319 e. The van der Waals surface area contributed by atoms with Gasteiger partial charge in [-0.2, -0.15) is 11.8 Å². The summed E-state index contributed by atoms with van der Waals surface area (Å²) in [5, 5.41) is 5.89. The van der Waals surface area contributed by atoms with Gasteiger partial charge < -0.3 is 15.4 Å². The monoisotopic (exact) mass is 371 g/mol. The van der Waals surface area contributed by atoms with E-state index in [1.54, 1.807) is 7.11 Å². The number of anilines is 1. The Balaban J connectivity index is 1.56. The fourth-order valence-electron chi connectivity index (χ4n) is 2.91. The van der Waals surface area contributed by atoms with Crippen LogP contribution in [-0.2, 0) is 13.1 Å². The normalized spacial score (nSPS) is 14.7. The lowest BCUT2D eigenvalue weighted by atomic mass is 10.1. The molecule has 0 bridgehead atoms. The molecule has 2 aromatic carbocycles. The molecule has 0 spiro atoms. The van der Waals surface area contributed by atoms with E-state index in [4.69, 9.17) is 4.74 Å². The number of nitrogens with one attached hydrogen (secondary N) is 2. The van der Waals surface area contributed by atoms with Crippen molar-refractivity contribution in [3.8, 4) is 5.75 Å². The molecule has 2 N–H and O–H groups in total. The first-order valence-electron chi connectivity index (χ1n) is 8.80. The molecule has 3 rings (SSSR count). The predicted molar refractivity (Wildman–Crippen MR) is 108 cm³/mol. The number of methoxy groups -OCH3 is 1. The summed E-state index contributed by atoms with van der Waals surface area (Å²) in [6, 6.07) is 15.5. The molecule has 5 nitrogen and oxygen atoms in total. The first-order chi connectivity index (χ1) is 12.7. The van der Waals surface area contributed by atoms with Crippen molar-refractivity contribution < 1.29 is 9.53 Å². The summed E-state index contributed by atoms with van der Waals surface area (Å²) in [6.07, 6.45) is 0. The van der Waals surface area contributed by atoms with Gasteiger partial charge in [-0.3, -0.25) is 4.90 Å². The number of urea groups is 1. The maximum atomic E-state index is 12.3. The number of carbonyl (C=O) groups is 1. The second kappa shape index (κ2) is 9.50. The van der Waals surface area contributed by atoms with Crippen molar-refractivity contribution in [3.63, 3.8) is 0 Å². The van der Waals surface area contributed by atoms with Crippen LogP contribution in [0.15, 0.2) is 48.5 Å². The van der Waals surface area contributed by atoms with Crippen LogP contribution < -0.4 is 15.4 Å². The number of nitrogens with zero attached hydrogens (tertiary/aromatic N) is 1. The zero-order chi connectivity index (χ0) is 18.2. The van der Waals surface area contributed by atoms with Crippen molar-refractivity contribution in [2.45, 2.75) is 13.1 Å². The minimum atomic E-state index is -0.200. The molecule has 0 atom stereocenters. The van der Waals surface area contributed by atoms with Crippen molar-refractivity contribution in [2.24, 2.45) is 0 Å². The summed E-state index contributed by atoms with van der Waals surface area (Å²) >= 11 is 2.00. The Morgan fingerprint density at radius 2 is 1.96 bits per heavy atom. The molecule has 2 amide bonds. The van der Waals surface area contributed by atoms with E-state index in [1.807, 2.05) is 54.2 Å². The van der Waals surface area contributed by atoms with Crippen LogP contribution in [0.3, 0.4) is 0 Å². The van der Waals surface area contributed by atoms with E-state index in [1.165, 1.54) is 11.5 Å². The number of amides is 2. The molecule has 1 heterocycles. The van der Waals surface area contributed by atoms with Crippen LogP contribution in [0.25, 0.3) is 0 Å². The fourth-order valence-corrected chi connectivity index (χ4v) is 3.89. The molecule has 138 valence electrons. The van der Waals surface area contributed by atoms with Crippen molar-refractivity contribution in [3.05, 3.63) is 59.7 Å². The van der Waals surface area contributed by atoms with Crippen molar-refractivity contribution in [1.82, 2.24) is 10.2 Å². The van der Waals surface area contributed by atoms with Gasteiger partial charge in [-0.1, -0.05) is 30.3 Å². The SMILES string of the molecule is COc1cccc(CNC(=O)Nc2ccccc2CN2CCSCC2)c1. The van der Waals surface area contributed by atoms with Crippen LogP contribution in [-0.4, -0.2) is 42.6 Å². The van der Waals surface area contributed by atoms with Crippen LogP contribution in [0, 0.1) is 0 Å². The van der Waals surface area contributed by atoms with Gasteiger partial charge in [-0.05, 0) is 29.3 Å². The molecule has 2 aromatic rings. The highest BCUT2D eigenvalue weighted by Gasteiger charge is 2.13. The van der Waals surface area contributed by atoms with E-state index in [0.717, 1.165) is 42.2 Å². The number of ether oxygens (including phenoxy) is 1. The van der Waals surface area contributed by atoms with Gasteiger partial charge in [0.1, 0.15) is 5.75 Å². The quantitative estimate of drug-likeness (QED) is 0.815. The Morgan fingerprint density at radius 1 is 1.15 bits per heavy atom. The number of hydrogen-bond donors (Lipinski definition) is 2. The van der Waals surface area contributed by atoms with Crippen molar-refractivity contribution in [1.29, 1.82) is 0 Å². The molecule has 0 aliphatic carbocycles.